The van der Waals surface area contributed by atoms with E-state index in [0.29, 0.717) is 16.5 Å². The summed E-state index contributed by atoms with van der Waals surface area (Å²) in [6.07, 6.45) is -0.0269. The number of hydrogen-bond acceptors (Lipinski definition) is 6. The van der Waals surface area contributed by atoms with Gasteiger partial charge in [-0.2, -0.15) is 13.2 Å². The van der Waals surface area contributed by atoms with E-state index in [1.807, 2.05) is 0 Å². The Morgan fingerprint density at radius 1 is 1.26 bits per heavy atom. The van der Waals surface area contributed by atoms with Crippen LogP contribution in [0.5, 0.6) is 5.75 Å². The second-order valence-corrected chi connectivity index (χ2v) is 8.36. The number of halogens is 3. The lowest BCUT2D eigenvalue weighted by molar-refractivity contribution is -0.0441. The van der Waals surface area contributed by atoms with Crippen molar-refractivity contribution in [1.29, 1.82) is 0 Å². The van der Waals surface area contributed by atoms with Crippen molar-refractivity contribution in [2.24, 2.45) is 0 Å². The third-order valence-corrected chi connectivity index (χ3v) is 5.85. The van der Waals surface area contributed by atoms with E-state index in [9.17, 15) is 30.0 Å². The van der Waals surface area contributed by atoms with E-state index in [2.05, 4.69) is 0 Å². The van der Waals surface area contributed by atoms with Crippen molar-refractivity contribution in [3.05, 3.63) is 29.8 Å². The van der Waals surface area contributed by atoms with Crippen molar-refractivity contribution in [3.63, 3.8) is 0 Å². The van der Waals surface area contributed by atoms with Crippen LogP contribution in [0.4, 0.5) is 13.2 Å². The zero-order valence-electron chi connectivity index (χ0n) is 11.4. The highest BCUT2D eigenvalue weighted by molar-refractivity contribution is 8.04. The summed E-state index contributed by atoms with van der Waals surface area (Å²) in [4.78, 5) is 0. The molecule has 0 bridgehead atoms. The average Bonchev–Trinajstić information content (AvgIpc) is 3.17. The van der Waals surface area contributed by atoms with E-state index >= 15 is 0 Å². The highest BCUT2D eigenvalue weighted by Crippen LogP contribution is 2.23. The molecule has 1 aromatic carbocycles. The third-order valence-electron chi connectivity index (χ3n) is 2.63. The Morgan fingerprint density at radius 3 is 2.48 bits per heavy atom. The summed E-state index contributed by atoms with van der Waals surface area (Å²) in [6.45, 7) is 0.824. The molecule has 1 unspecified atom stereocenters. The molecule has 1 aliphatic heterocycles. The molecule has 0 saturated carbocycles. The van der Waals surface area contributed by atoms with Crippen LogP contribution < -0.4 is 8.86 Å². The van der Waals surface area contributed by atoms with Gasteiger partial charge in [0, 0.05) is 0 Å². The zero-order valence-corrected chi connectivity index (χ0v) is 13.0. The Hall–Kier alpha value is -1.37. The van der Waals surface area contributed by atoms with Gasteiger partial charge in [0.05, 0.1) is 12.4 Å². The summed E-state index contributed by atoms with van der Waals surface area (Å²) in [7, 11) is -10.7. The van der Waals surface area contributed by atoms with Crippen LogP contribution in [-0.2, 0) is 30.5 Å². The Bertz CT molecular complexity index is 771. The Labute approximate surface area is 130 Å². The van der Waals surface area contributed by atoms with E-state index in [1.54, 1.807) is 0 Å². The molecule has 0 aliphatic carbocycles. The zero-order chi connectivity index (χ0) is 17.3. The number of rotatable bonds is 7. The Balaban J connectivity index is 2.06. The first-order valence-corrected chi connectivity index (χ1v) is 9.28. The minimum atomic E-state index is -5.98. The van der Waals surface area contributed by atoms with Crippen LogP contribution in [0.1, 0.15) is 5.56 Å². The molecule has 1 aliphatic rings. The monoisotopic (exact) mass is 375 g/mol. The summed E-state index contributed by atoms with van der Waals surface area (Å²) in [5.74, 6) is -0.647. The molecule has 2 rings (SSSR count). The second kappa shape index (κ2) is 6.26. The number of ether oxygens (including phenoxy) is 2. The van der Waals surface area contributed by atoms with Gasteiger partial charge < -0.3 is 9.47 Å². The SMILES string of the molecule is O=S(=O)(Cc1cccc(OCC2CO2)c1)NS(=O)(=O)C(F)(F)F. The molecule has 0 spiro atoms. The maximum atomic E-state index is 12.2. The molecule has 7 nitrogen and oxygen atoms in total. The van der Waals surface area contributed by atoms with Gasteiger partial charge in [-0.1, -0.05) is 12.1 Å². The van der Waals surface area contributed by atoms with E-state index in [-0.39, 0.29) is 18.3 Å². The summed E-state index contributed by atoms with van der Waals surface area (Å²) in [5.41, 5.74) is -5.64. The molecule has 0 radical (unpaired) electrons. The molecular formula is C11H12F3NO6S2. The van der Waals surface area contributed by atoms with Gasteiger partial charge in [0.15, 0.2) is 0 Å². The van der Waals surface area contributed by atoms with Crippen LogP contribution in [0.25, 0.3) is 0 Å². The van der Waals surface area contributed by atoms with E-state index in [4.69, 9.17) is 9.47 Å². The van der Waals surface area contributed by atoms with Gasteiger partial charge >= 0.3 is 15.5 Å². The van der Waals surface area contributed by atoms with Gasteiger partial charge in [0.25, 0.3) is 0 Å². The fourth-order valence-corrected chi connectivity index (χ4v) is 4.11. The average molecular weight is 375 g/mol. The molecular weight excluding hydrogens is 363 g/mol. The van der Waals surface area contributed by atoms with Crippen LogP contribution in [0.15, 0.2) is 24.3 Å². The maximum absolute atomic E-state index is 12.2. The molecule has 12 heteroatoms. The first-order valence-electron chi connectivity index (χ1n) is 6.14. The summed E-state index contributed by atoms with van der Waals surface area (Å²) < 4.78 is 92.4. The number of benzene rings is 1. The fraction of sp³-hybridized carbons (Fsp3) is 0.455. The molecule has 130 valence electrons. The van der Waals surface area contributed by atoms with Gasteiger partial charge in [-0.25, -0.2) is 16.8 Å². The molecule has 1 saturated heterocycles. The molecule has 1 fully saturated rings. The van der Waals surface area contributed by atoms with Crippen molar-refractivity contribution in [3.8, 4) is 5.75 Å². The van der Waals surface area contributed by atoms with Crippen molar-refractivity contribution >= 4 is 20.0 Å². The molecule has 23 heavy (non-hydrogen) atoms. The number of alkyl halides is 3. The Morgan fingerprint density at radius 2 is 1.91 bits per heavy atom. The van der Waals surface area contributed by atoms with Crippen LogP contribution in [0.3, 0.4) is 0 Å². The normalized spacial score (nSPS) is 18.7. The van der Waals surface area contributed by atoms with Crippen LogP contribution in [0, 0.1) is 0 Å². The van der Waals surface area contributed by atoms with E-state index < -0.39 is 31.3 Å². The first kappa shape index (κ1) is 18.0. The summed E-state index contributed by atoms with van der Waals surface area (Å²) in [5, 5.41) is 0. The maximum Gasteiger partial charge on any atom is 0.512 e. The van der Waals surface area contributed by atoms with Gasteiger partial charge in [-0.05, 0) is 17.7 Å². The lowest BCUT2D eigenvalue weighted by Gasteiger charge is -2.11. The molecule has 1 N–H and O–H groups in total. The van der Waals surface area contributed by atoms with Gasteiger partial charge in [-0.15, -0.1) is 4.13 Å². The van der Waals surface area contributed by atoms with Crippen molar-refractivity contribution < 1.29 is 39.5 Å². The number of hydrogen-bond donors (Lipinski definition) is 1. The van der Waals surface area contributed by atoms with Crippen molar-refractivity contribution in [2.75, 3.05) is 13.2 Å². The molecule has 0 amide bonds. The summed E-state index contributed by atoms with van der Waals surface area (Å²) >= 11 is 0. The minimum absolute atomic E-state index is 0.0269. The number of nitrogens with one attached hydrogen (secondary N) is 1. The van der Waals surface area contributed by atoms with Gasteiger partial charge in [-0.3, -0.25) is 0 Å². The predicted octanol–water partition coefficient (Wildman–Crippen LogP) is 0.733. The van der Waals surface area contributed by atoms with Crippen LogP contribution in [-0.4, -0.2) is 41.7 Å². The van der Waals surface area contributed by atoms with Crippen LogP contribution >= 0.6 is 0 Å². The predicted molar refractivity (Wildman–Crippen MR) is 72.4 cm³/mol. The third kappa shape index (κ3) is 5.34. The molecule has 1 atom stereocenters. The molecule has 1 heterocycles. The molecule has 1 aromatic rings. The van der Waals surface area contributed by atoms with Crippen LogP contribution in [0.2, 0.25) is 0 Å². The van der Waals surface area contributed by atoms with Gasteiger partial charge in [0.2, 0.25) is 10.0 Å². The first-order chi connectivity index (χ1) is 10.5. The quantitative estimate of drug-likeness (QED) is 0.705. The molecule has 0 aromatic heterocycles. The standard InChI is InChI=1S/C11H12F3NO6S2/c12-11(13,14)23(18,19)15-22(16,17)7-8-2-1-3-9(4-8)20-5-10-6-21-10/h1-4,10,15H,5-7H2. The van der Waals surface area contributed by atoms with E-state index in [0.717, 1.165) is 0 Å². The number of epoxide rings is 1. The highest BCUT2D eigenvalue weighted by atomic mass is 32.3. The highest BCUT2D eigenvalue weighted by Gasteiger charge is 2.48. The lowest BCUT2D eigenvalue weighted by Crippen LogP contribution is -2.40. The fourth-order valence-electron chi connectivity index (χ4n) is 1.54. The topological polar surface area (TPSA) is 102 Å². The van der Waals surface area contributed by atoms with Crippen molar-refractivity contribution in [1.82, 2.24) is 4.13 Å². The number of sulfonamides is 2. The van der Waals surface area contributed by atoms with Gasteiger partial charge in [0.1, 0.15) is 18.5 Å². The van der Waals surface area contributed by atoms with E-state index in [1.165, 1.54) is 24.3 Å². The second-order valence-electron chi connectivity index (χ2n) is 4.71. The van der Waals surface area contributed by atoms with Crippen molar-refractivity contribution in [2.45, 2.75) is 17.4 Å². The summed E-state index contributed by atoms with van der Waals surface area (Å²) in [6, 6.07) is 5.58. The smallest absolute Gasteiger partial charge is 0.491 e. The largest absolute Gasteiger partial charge is 0.512 e. The minimum Gasteiger partial charge on any atom is -0.491 e. The lowest BCUT2D eigenvalue weighted by atomic mass is 10.2. The Kier molecular flexibility index (Phi) is 4.89.